The standard InChI is InChI=1S/C35H38ClNO4S2/c1-23-20-28-29(35(4,5)17-16-34(28,2)3)22-24(23)21-26-12-15-31(41-26)33(38)37-30-8-6-7-9-32(30)42-18-19-43(39,40)27-13-10-25(36)11-14-27/h6-15,20,22H,16-19,21H2,1-5H3,(H,37,38). The summed E-state index contributed by atoms with van der Waals surface area (Å²) in [6.07, 6.45) is 2.93. The lowest BCUT2D eigenvalue weighted by atomic mass is 9.62. The summed E-state index contributed by atoms with van der Waals surface area (Å²) in [6.45, 7) is 11.5. The van der Waals surface area contributed by atoms with Crippen LogP contribution < -0.4 is 5.32 Å². The Hall–Kier alpha value is -3.00. The van der Waals surface area contributed by atoms with Crippen molar-refractivity contribution in [3.05, 3.63) is 112 Å². The third-order valence-electron chi connectivity index (χ3n) is 8.48. The molecule has 1 amide bonds. The summed E-state index contributed by atoms with van der Waals surface area (Å²) in [5, 5.41) is 3.43. The number of hydrogen-bond acceptors (Lipinski definition) is 5. The van der Waals surface area contributed by atoms with E-state index in [-0.39, 0.29) is 33.1 Å². The molecule has 0 saturated carbocycles. The van der Waals surface area contributed by atoms with Gasteiger partial charge in [-0.2, -0.15) is 0 Å². The van der Waals surface area contributed by atoms with Gasteiger partial charge in [-0.15, -0.1) is 11.8 Å². The average Bonchev–Trinajstić information content (AvgIpc) is 3.42. The fourth-order valence-corrected chi connectivity index (χ4v) is 8.43. The predicted molar refractivity (Wildman–Crippen MR) is 177 cm³/mol. The van der Waals surface area contributed by atoms with Crippen LogP contribution >= 0.6 is 23.4 Å². The normalized spacial score (nSPS) is 15.6. The Morgan fingerprint density at radius 3 is 2.28 bits per heavy atom. The fraction of sp³-hybridized carbons (Fsp3) is 0.343. The van der Waals surface area contributed by atoms with E-state index in [9.17, 15) is 13.2 Å². The first-order valence-corrected chi connectivity index (χ1v) is 17.5. The van der Waals surface area contributed by atoms with Crippen molar-refractivity contribution in [2.75, 3.05) is 16.8 Å². The zero-order valence-electron chi connectivity index (χ0n) is 25.3. The van der Waals surface area contributed by atoms with E-state index in [4.69, 9.17) is 16.0 Å². The molecule has 3 aromatic carbocycles. The highest BCUT2D eigenvalue weighted by molar-refractivity contribution is 8.00. The van der Waals surface area contributed by atoms with Gasteiger partial charge in [-0.25, -0.2) is 8.42 Å². The molecule has 1 aromatic heterocycles. The molecule has 43 heavy (non-hydrogen) atoms. The number of para-hydroxylation sites is 1. The van der Waals surface area contributed by atoms with Crippen LogP contribution in [0.1, 0.15) is 79.1 Å². The summed E-state index contributed by atoms with van der Waals surface area (Å²) >= 11 is 7.27. The number of fused-ring (bicyclic) bond motifs is 1. The van der Waals surface area contributed by atoms with Gasteiger partial charge in [0, 0.05) is 22.1 Å². The van der Waals surface area contributed by atoms with E-state index in [2.05, 4.69) is 52.1 Å². The van der Waals surface area contributed by atoms with Gasteiger partial charge in [0.15, 0.2) is 15.6 Å². The lowest BCUT2D eigenvalue weighted by Crippen LogP contribution is -2.34. The molecule has 0 radical (unpaired) electrons. The number of hydrogen-bond donors (Lipinski definition) is 1. The van der Waals surface area contributed by atoms with Crippen molar-refractivity contribution in [2.24, 2.45) is 0 Å². The Morgan fingerprint density at radius 2 is 1.58 bits per heavy atom. The van der Waals surface area contributed by atoms with Crippen molar-refractivity contribution < 1.29 is 17.6 Å². The van der Waals surface area contributed by atoms with E-state index in [1.807, 2.05) is 24.3 Å². The van der Waals surface area contributed by atoms with Gasteiger partial charge in [0.1, 0.15) is 5.76 Å². The maximum Gasteiger partial charge on any atom is 0.291 e. The number of anilines is 1. The molecule has 5 nitrogen and oxygen atoms in total. The molecule has 226 valence electrons. The zero-order chi connectivity index (χ0) is 31.0. The summed E-state index contributed by atoms with van der Waals surface area (Å²) < 4.78 is 31.5. The second-order valence-electron chi connectivity index (χ2n) is 12.6. The summed E-state index contributed by atoms with van der Waals surface area (Å²) in [5.74, 6) is 0.906. The second-order valence-corrected chi connectivity index (χ2v) is 16.3. The van der Waals surface area contributed by atoms with Crippen molar-refractivity contribution in [3.8, 4) is 0 Å². The van der Waals surface area contributed by atoms with Gasteiger partial charge in [-0.1, -0.05) is 63.6 Å². The summed E-state index contributed by atoms with van der Waals surface area (Å²) in [6, 6.07) is 21.8. The minimum absolute atomic E-state index is 0.0418. The Kier molecular flexibility index (Phi) is 8.90. The van der Waals surface area contributed by atoms with Crippen LogP contribution in [0.2, 0.25) is 5.02 Å². The number of sulfone groups is 1. The minimum atomic E-state index is -3.45. The third kappa shape index (κ3) is 7.05. The maximum absolute atomic E-state index is 13.2. The number of benzene rings is 3. The molecule has 4 aromatic rings. The van der Waals surface area contributed by atoms with E-state index in [0.29, 0.717) is 22.9 Å². The van der Waals surface area contributed by atoms with Crippen LogP contribution in [0.5, 0.6) is 0 Å². The van der Waals surface area contributed by atoms with Gasteiger partial charge in [0.25, 0.3) is 5.91 Å². The molecular formula is C35H38ClNO4S2. The average molecular weight is 636 g/mol. The Labute approximate surface area is 264 Å². The number of amides is 1. The van der Waals surface area contributed by atoms with Gasteiger partial charge in [-0.05, 0) is 101 Å². The van der Waals surface area contributed by atoms with Crippen molar-refractivity contribution in [2.45, 2.75) is 74.5 Å². The highest BCUT2D eigenvalue weighted by Gasteiger charge is 2.37. The largest absolute Gasteiger partial charge is 0.456 e. The van der Waals surface area contributed by atoms with Gasteiger partial charge in [-0.3, -0.25) is 4.79 Å². The van der Waals surface area contributed by atoms with Crippen LogP contribution in [-0.4, -0.2) is 25.8 Å². The minimum Gasteiger partial charge on any atom is -0.456 e. The second kappa shape index (κ2) is 12.2. The first-order valence-electron chi connectivity index (χ1n) is 14.5. The molecule has 0 bridgehead atoms. The maximum atomic E-state index is 13.2. The molecule has 1 N–H and O–H groups in total. The third-order valence-corrected chi connectivity index (χ3v) is 11.8. The number of rotatable bonds is 9. The van der Waals surface area contributed by atoms with Crippen LogP contribution in [0.15, 0.2) is 87.0 Å². The molecule has 1 aliphatic rings. The quantitative estimate of drug-likeness (QED) is 0.186. The highest BCUT2D eigenvalue weighted by Crippen LogP contribution is 2.46. The lowest BCUT2D eigenvalue weighted by molar-refractivity contribution is 0.0995. The first-order chi connectivity index (χ1) is 20.2. The first kappa shape index (κ1) is 31.4. The Balaban J connectivity index is 1.25. The van der Waals surface area contributed by atoms with Crippen LogP contribution in [0, 0.1) is 6.92 Å². The SMILES string of the molecule is Cc1cc2c(cc1Cc1ccc(C(=O)Nc3ccccc3SCCS(=O)(=O)c3ccc(Cl)cc3)o1)C(C)(C)CCC2(C)C. The number of aryl methyl sites for hydroxylation is 1. The number of nitrogens with one attached hydrogen (secondary N) is 1. The van der Waals surface area contributed by atoms with Crippen molar-refractivity contribution >= 4 is 44.8 Å². The number of halogens is 1. The van der Waals surface area contributed by atoms with Crippen LogP contribution in [0.25, 0.3) is 0 Å². The topological polar surface area (TPSA) is 76.4 Å². The van der Waals surface area contributed by atoms with Gasteiger partial charge in [0.05, 0.1) is 16.3 Å². The van der Waals surface area contributed by atoms with Crippen molar-refractivity contribution in [1.82, 2.24) is 0 Å². The molecule has 0 fully saturated rings. The Morgan fingerprint density at radius 1 is 0.930 bits per heavy atom. The van der Waals surface area contributed by atoms with Gasteiger partial charge in [0.2, 0.25) is 0 Å². The summed E-state index contributed by atoms with van der Waals surface area (Å²) in [7, 11) is -3.45. The Bertz CT molecular complexity index is 1750. The summed E-state index contributed by atoms with van der Waals surface area (Å²) in [5.41, 5.74) is 6.16. The molecule has 8 heteroatoms. The van der Waals surface area contributed by atoms with Crippen LogP contribution in [0.4, 0.5) is 5.69 Å². The zero-order valence-corrected chi connectivity index (χ0v) is 27.7. The fourth-order valence-electron chi connectivity index (χ4n) is 5.64. The lowest BCUT2D eigenvalue weighted by Gasteiger charge is -2.42. The number of carbonyl (C=O) groups is 1. The van der Waals surface area contributed by atoms with E-state index in [1.165, 1.54) is 52.6 Å². The van der Waals surface area contributed by atoms with Gasteiger partial charge < -0.3 is 9.73 Å². The molecule has 0 unspecified atom stereocenters. The number of carbonyl (C=O) groups excluding carboxylic acids is 1. The summed E-state index contributed by atoms with van der Waals surface area (Å²) in [4.78, 5) is 14.2. The number of thioether (sulfide) groups is 1. The van der Waals surface area contributed by atoms with Crippen LogP contribution in [0.3, 0.4) is 0 Å². The van der Waals surface area contributed by atoms with E-state index in [0.717, 1.165) is 17.1 Å². The molecule has 1 aliphatic carbocycles. The highest BCUT2D eigenvalue weighted by atomic mass is 35.5. The van der Waals surface area contributed by atoms with Crippen molar-refractivity contribution in [1.29, 1.82) is 0 Å². The van der Waals surface area contributed by atoms with E-state index >= 15 is 0 Å². The number of furan rings is 1. The molecule has 5 rings (SSSR count). The monoisotopic (exact) mass is 635 g/mol. The molecule has 0 atom stereocenters. The van der Waals surface area contributed by atoms with Crippen molar-refractivity contribution in [3.63, 3.8) is 0 Å². The van der Waals surface area contributed by atoms with E-state index in [1.54, 1.807) is 24.3 Å². The molecule has 0 aliphatic heterocycles. The smallest absolute Gasteiger partial charge is 0.291 e. The van der Waals surface area contributed by atoms with Crippen LogP contribution in [-0.2, 0) is 27.1 Å². The molecule has 0 spiro atoms. The van der Waals surface area contributed by atoms with E-state index < -0.39 is 9.84 Å². The molecule has 0 saturated heterocycles. The van der Waals surface area contributed by atoms with Gasteiger partial charge >= 0.3 is 0 Å². The molecular weight excluding hydrogens is 598 g/mol. The predicted octanol–water partition coefficient (Wildman–Crippen LogP) is 9.00. The molecule has 1 heterocycles.